The van der Waals surface area contributed by atoms with Crippen LogP contribution in [0.5, 0.6) is 11.5 Å². The summed E-state index contributed by atoms with van der Waals surface area (Å²) in [6, 6.07) is 12.5. The number of rotatable bonds is 7. The molecule has 0 bridgehead atoms. The summed E-state index contributed by atoms with van der Waals surface area (Å²) in [7, 11) is 0. The average Bonchev–Trinajstić information content (AvgIpc) is 2.55. The fourth-order valence-corrected chi connectivity index (χ4v) is 1.84. The summed E-state index contributed by atoms with van der Waals surface area (Å²) in [5, 5.41) is 5.38. The molecule has 0 aliphatic heterocycles. The summed E-state index contributed by atoms with van der Waals surface area (Å²) in [6.07, 6.45) is 0. The topological polar surface area (TPSA) is 59.6 Å². The number of halogens is 1. The summed E-state index contributed by atoms with van der Waals surface area (Å²) in [5.74, 6) is 0.997. The Kier molecular flexibility index (Phi) is 6.23. The summed E-state index contributed by atoms with van der Waals surface area (Å²) in [6.45, 7) is 3.14. The Labute approximate surface area is 134 Å². The number of hydrogen-bond donors (Lipinski definition) is 2. The minimum Gasteiger partial charge on any atom is -0.494 e. The van der Waals surface area contributed by atoms with Crippen LogP contribution in [0.15, 0.2) is 48.5 Å². The Bertz CT molecular complexity index is 615. The van der Waals surface area contributed by atoms with Crippen molar-refractivity contribution in [2.24, 2.45) is 0 Å². The Balaban J connectivity index is 1.67. The molecule has 0 aliphatic rings. The lowest BCUT2D eigenvalue weighted by atomic mass is 10.3. The number of benzene rings is 2. The minimum absolute atomic E-state index is 0.294. The second-order valence-corrected chi connectivity index (χ2v) is 4.64. The molecule has 2 aromatic carbocycles. The molecule has 2 amide bonds. The Morgan fingerprint density at radius 1 is 1.00 bits per heavy atom. The van der Waals surface area contributed by atoms with E-state index in [4.69, 9.17) is 9.47 Å². The van der Waals surface area contributed by atoms with Crippen molar-refractivity contribution >= 4 is 11.7 Å². The maximum Gasteiger partial charge on any atom is 0.319 e. The van der Waals surface area contributed by atoms with E-state index in [1.807, 2.05) is 6.92 Å². The first kappa shape index (κ1) is 16.6. The van der Waals surface area contributed by atoms with Crippen LogP contribution in [0.1, 0.15) is 6.92 Å². The number of carbonyl (C=O) groups is 1. The molecule has 2 N–H and O–H groups in total. The number of amides is 2. The largest absolute Gasteiger partial charge is 0.494 e. The van der Waals surface area contributed by atoms with Crippen LogP contribution in [0.3, 0.4) is 0 Å². The van der Waals surface area contributed by atoms with Gasteiger partial charge in [-0.15, -0.1) is 0 Å². The van der Waals surface area contributed by atoms with Crippen LogP contribution in [-0.4, -0.2) is 25.8 Å². The van der Waals surface area contributed by atoms with Gasteiger partial charge >= 0.3 is 6.03 Å². The first-order valence-corrected chi connectivity index (χ1v) is 7.33. The zero-order valence-corrected chi connectivity index (χ0v) is 12.8. The monoisotopic (exact) mass is 318 g/mol. The highest BCUT2D eigenvalue weighted by molar-refractivity contribution is 5.89. The second-order valence-electron chi connectivity index (χ2n) is 4.64. The van der Waals surface area contributed by atoms with E-state index in [1.165, 1.54) is 24.3 Å². The van der Waals surface area contributed by atoms with Gasteiger partial charge in [-0.2, -0.15) is 0 Å². The van der Waals surface area contributed by atoms with Gasteiger partial charge in [-0.1, -0.05) is 0 Å². The number of anilines is 1. The third kappa shape index (κ3) is 5.86. The van der Waals surface area contributed by atoms with Crippen LogP contribution in [0.2, 0.25) is 0 Å². The molecule has 122 valence electrons. The van der Waals surface area contributed by atoms with Gasteiger partial charge in [0.25, 0.3) is 0 Å². The molecule has 0 heterocycles. The summed E-state index contributed by atoms with van der Waals surface area (Å²) in [5.41, 5.74) is 0.672. The number of ether oxygens (including phenoxy) is 2. The molecule has 6 heteroatoms. The quantitative estimate of drug-likeness (QED) is 0.769. The molecular weight excluding hydrogens is 299 g/mol. The van der Waals surface area contributed by atoms with Crippen LogP contribution in [0.4, 0.5) is 14.9 Å². The van der Waals surface area contributed by atoms with Crippen LogP contribution >= 0.6 is 0 Å². The van der Waals surface area contributed by atoms with Crippen LogP contribution < -0.4 is 20.1 Å². The molecule has 0 saturated carbocycles. The zero-order valence-electron chi connectivity index (χ0n) is 12.8. The highest BCUT2D eigenvalue weighted by Crippen LogP contribution is 2.15. The second kappa shape index (κ2) is 8.63. The Morgan fingerprint density at radius 3 is 2.26 bits per heavy atom. The molecule has 0 saturated heterocycles. The lowest BCUT2D eigenvalue weighted by Crippen LogP contribution is -2.32. The average molecular weight is 318 g/mol. The van der Waals surface area contributed by atoms with E-state index in [0.29, 0.717) is 31.2 Å². The molecular formula is C17H19FN2O3. The predicted molar refractivity (Wildman–Crippen MR) is 86.5 cm³/mol. The maximum absolute atomic E-state index is 12.7. The van der Waals surface area contributed by atoms with E-state index < -0.39 is 0 Å². The molecule has 0 unspecified atom stereocenters. The van der Waals surface area contributed by atoms with Gasteiger partial charge in [0.1, 0.15) is 23.9 Å². The van der Waals surface area contributed by atoms with Gasteiger partial charge in [-0.3, -0.25) is 0 Å². The molecule has 0 spiro atoms. The van der Waals surface area contributed by atoms with Crippen molar-refractivity contribution < 1.29 is 18.7 Å². The first-order chi connectivity index (χ1) is 11.2. The summed E-state index contributed by atoms with van der Waals surface area (Å²) < 4.78 is 23.4. The Morgan fingerprint density at radius 2 is 1.61 bits per heavy atom. The molecule has 0 aromatic heterocycles. The third-order valence-corrected chi connectivity index (χ3v) is 2.89. The molecule has 23 heavy (non-hydrogen) atoms. The van der Waals surface area contributed by atoms with Gasteiger partial charge in [0.05, 0.1) is 13.2 Å². The number of urea groups is 1. The van der Waals surface area contributed by atoms with Gasteiger partial charge in [-0.05, 0) is 55.5 Å². The number of nitrogens with one attached hydrogen (secondary N) is 2. The normalized spacial score (nSPS) is 10.0. The molecule has 0 aliphatic carbocycles. The summed E-state index contributed by atoms with van der Waals surface area (Å²) in [4.78, 5) is 11.7. The van der Waals surface area contributed by atoms with Gasteiger partial charge in [0, 0.05) is 5.69 Å². The van der Waals surface area contributed by atoms with Crippen molar-refractivity contribution in [2.45, 2.75) is 6.92 Å². The SMILES string of the molecule is CCOc1ccc(NC(=O)NCCOc2ccc(F)cc2)cc1. The molecule has 5 nitrogen and oxygen atoms in total. The lowest BCUT2D eigenvalue weighted by molar-refractivity contribution is 0.247. The van der Waals surface area contributed by atoms with E-state index >= 15 is 0 Å². The van der Waals surface area contributed by atoms with Crippen molar-refractivity contribution in [1.82, 2.24) is 5.32 Å². The fourth-order valence-electron chi connectivity index (χ4n) is 1.84. The van der Waals surface area contributed by atoms with E-state index in [9.17, 15) is 9.18 Å². The van der Waals surface area contributed by atoms with Crippen molar-refractivity contribution in [3.05, 3.63) is 54.3 Å². The van der Waals surface area contributed by atoms with Crippen molar-refractivity contribution in [3.8, 4) is 11.5 Å². The van der Waals surface area contributed by atoms with Crippen molar-refractivity contribution in [2.75, 3.05) is 25.1 Å². The van der Waals surface area contributed by atoms with Crippen LogP contribution in [-0.2, 0) is 0 Å². The molecule has 0 fully saturated rings. The van der Waals surface area contributed by atoms with Gasteiger partial charge in [0.15, 0.2) is 0 Å². The summed E-state index contributed by atoms with van der Waals surface area (Å²) >= 11 is 0. The number of carbonyl (C=O) groups excluding carboxylic acids is 1. The van der Waals surface area contributed by atoms with E-state index in [0.717, 1.165) is 5.75 Å². The van der Waals surface area contributed by atoms with Gasteiger partial charge in [0.2, 0.25) is 0 Å². The molecule has 0 radical (unpaired) electrons. The zero-order chi connectivity index (χ0) is 16.5. The van der Waals surface area contributed by atoms with Gasteiger partial charge in [-0.25, -0.2) is 9.18 Å². The lowest BCUT2D eigenvalue weighted by Gasteiger charge is -2.09. The van der Waals surface area contributed by atoms with Crippen molar-refractivity contribution in [1.29, 1.82) is 0 Å². The van der Waals surface area contributed by atoms with Gasteiger partial charge < -0.3 is 20.1 Å². The van der Waals surface area contributed by atoms with E-state index in [1.54, 1.807) is 24.3 Å². The predicted octanol–water partition coefficient (Wildman–Crippen LogP) is 3.42. The standard InChI is InChI=1S/C17H19FN2O3/c1-2-22-15-9-5-14(6-10-15)20-17(21)19-11-12-23-16-7-3-13(18)4-8-16/h3-10H,2,11-12H2,1H3,(H2,19,20,21). The maximum atomic E-state index is 12.7. The van der Waals surface area contributed by atoms with Crippen molar-refractivity contribution in [3.63, 3.8) is 0 Å². The molecule has 2 rings (SSSR count). The van der Waals surface area contributed by atoms with E-state index in [-0.39, 0.29) is 11.8 Å². The first-order valence-electron chi connectivity index (χ1n) is 7.33. The molecule has 2 aromatic rings. The fraction of sp³-hybridized carbons (Fsp3) is 0.235. The minimum atomic E-state index is -0.322. The third-order valence-electron chi connectivity index (χ3n) is 2.89. The molecule has 0 atom stereocenters. The smallest absolute Gasteiger partial charge is 0.319 e. The number of hydrogen-bond acceptors (Lipinski definition) is 3. The van der Waals surface area contributed by atoms with Crippen LogP contribution in [0, 0.1) is 5.82 Å². The Hall–Kier alpha value is -2.76. The van der Waals surface area contributed by atoms with Crippen LogP contribution in [0.25, 0.3) is 0 Å². The highest BCUT2D eigenvalue weighted by atomic mass is 19.1. The van der Waals surface area contributed by atoms with E-state index in [2.05, 4.69) is 10.6 Å². The highest BCUT2D eigenvalue weighted by Gasteiger charge is 2.02.